The minimum Gasteiger partial charge on any atom is -0.357 e. The lowest BCUT2D eigenvalue weighted by Gasteiger charge is -2.38. The normalized spacial score (nSPS) is 18.8. The summed E-state index contributed by atoms with van der Waals surface area (Å²) < 4.78 is 0. The maximum absolute atomic E-state index is 12.2. The van der Waals surface area contributed by atoms with Crippen molar-refractivity contribution in [1.82, 2.24) is 20.5 Å². The molecule has 0 saturated carbocycles. The zero-order valence-corrected chi connectivity index (χ0v) is 22.2. The number of hydrogen-bond acceptors (Lipinski definition) is 4. The maximum Gasteiger partial charge on any atom is 0.227 e. The lowest BCUT2D eigenvalue weighted by atomic mass is 9.97. The Hall–Kier alpha value is -2.20. The van der Waals surface area contributed by atoms with E-state index < -0.39 is 0 Å². The number of likely N-dealkylation sites (tertiary alicyclic amines) is 1. The fourth-order valence-electron chi connectivity index (χ4n) is 3.93. The Balaban J connectivity index is 0.00000385. The second-order valence-electron chi connectivity index (χ2n) is 8.45. The number of hydrogen-bond donors (Lipinski definition) is 3. The van der Waals surface area contributed by atoms with Gasteiger partial charge in [-0.3, -0.25) is 14.7 Å². The average molecular weight is 565 g/mol. The van der Waals surface area contributed by atoms with Crippen molar-refractivity contribution in [3.8, 4) is 0 Å². The van der Waals surface area contributed by atoms with Crippen molar-refractivity contribution in [2.24, 2.45) is 4.99 Å². The van der Waals surface area contributed by atoms with Crippen molar-refractivity contribution in [1.29, 1.82) is 0 Å². The molecule has 1 aromatic heterocycles. The summed E-state index contributed by atoms with van der Waals surface area (Å²) in [4.78, 5) is 23.6. The minimum atomic E-state index is -0.0798. The van der Waals surface area contributed by atoms with Crippen LogP contribution in [0.25, 0.3) is 0 Å². The van der Waals surface area contributed by atoms with Crippen LogP contribution in [0, 0.1) is 6.92 Å². The summed E-state index contributed by atoms with van der Waals surface area (Å²) >= 11 is 0. The highest BCUT2D eigenvalue weighted by atomic mass is 127. The molecule has 8 heteroatoms. The van der Waals surface area contributed by atoms with E-state index in [1.165, 1.54) is 5.56 Å². The Kier molecular flexibility index (Phi) is 11.6. The first-order chi connectivity index (χ1) is 15.5. The van der Waals surface area contributed by atoms with Crippen LogP contribution in [0.3, 0.4) is 0 Å². The van der Waals surface area contributed by atoms with Gasteiger partial charge in [-0.15, -0.1) is 24.0 Å². The Morgan fingerprint density at radius 2 is 2.00 bits per heavy atom. The number of guanidine groups is 1. The molecule has 1 fully saturated rings. The van der Waals surface area contributed by atoms with Crippen LogP contribution >= 0.6 is 24.0 Å². The number of aromatic nitrogens is 1. The highest BCUT2D eigenvalue weighted by molar-refractivity contribution is 14.0. The number of piperidine rings is 1. The van der Waals surface area contributed by atoms with E-state index in [-0.39, 0.29) is 29.9 Å². The molecule has 1 aliphatic heterocycles. The summed E-state index contributed by atoms with van der Waals surface area (Å²) in [6.07, 6.45) is 4.20. The quantitative estimate of drug-likeness (QED) is 0.257. The number of pyridine rings is 1. The minimum absolute atomic E-state index is 0. The maximum atomic E-state index is 12.2. The molecule has 2 atom stereocenters. The Bertz CT molecular complexity index is 874. The summed E-state index contributed by atoms with van der Waals surface area (Å²) in [5.74, 6) is 1.28. The van der Waals surface area contributed by atoms with E-state index >= 15 is 0 Å². The molecule has 7 nitrogen and oxygen atoms in total. The van der Waals surface area contributed by atoms with Crippen molar-refractivity contribution >= 4 is 41.7 Å². The Labute approximate surface area is 214 Å². The van der Waals surface area contributed by atoms with Crippen LogP contribution in [-0.4, -0.2) is 53.5 Å². The number of amides is 1. The van der Waals surface area contributed by atoms with Gasteiger partial charge in [-0.05, 0) is 50.8 Å². The highest BCUT2D eigenvalue weighted by Gasteiger charge is 2.25. The molecule has 3 rings (SSSR count). The fraction of sp³-hybridized carbons (Fsp3) is 0.480. The Morgan fingerprint density at radius 3 is 2.67 bits per heavy atom. The number of carbonyl (C=O) groups excluding carboxylic acids is 1. The summed E-state index contributed by atoms with van der Waals surface area (Å²) in [5.41, 5.74) is 2.42. The molecule has 1 amide bonds. The molecule has 1 aromatic carbocycles. The van der Waals surface area contributed by atoms with Gasteiger partial charge in [0.2, 0.25) is 5.91 Å². The van der Waals surface area contributed by atoms with E-state index in [2.05, 4.69) is 75.0 Å². The number of halogens is 1. The molecule has 3 N–H and O–H groups in total. The molecule has 0 aliphatic carbocycles. The van der Waals surface area contributed by atoms with Crippen LogP contribution in [0.4, 0.5) is 5.82 Å². The number of aryl methyl sites for hydroxylation is 1. The van der Waals surface area contributed by atoms with E-state index in [0.29, 0.717) is 30.9 Å². The van der Waals surface area contributed by atoms with Crippen molar-refractivity contribution in [2.75, 3.05) is 25.0 Å². The Morgan fingerprint density at radius 1 is 1.21 bits per heavy atom. The molecule has 2 aromatic rings. The number of nitrogens with zero attached hydrogens (tertiary/aromatic N) is 3. The third-order valence-corrected chi connectivity index (χ3v) is 5.71. The predicted molar refractivity (Wildman–Crippen MR) is 146 cm³/mol. The summed E-state index contributed by atoms with van der Waals surface area (Å²) in [6, 6.07) is 15.3. The van der Waals surface area contributed by atoms with Crippen LogP contribution in [0.15, 0.2) is 53.7 Å². The average Bonchev–Trinajstić information content (AvgIpc) is 2.78. The largest absolute Gasteiger partial charge is 0.357 e. The molecule has 2 heterocycles. The smallest absolute Gasteiger partial charge is 0.227 e. The van der Waals surface area contributed by atoms with E-state index in [1.54, 1.807) is 6.20 Å². The van der Waals surface area contributed by atoms with Crippen molar-refractivity contribution in [3.05, 3.63) is 59.8 Å². The van der Waals surface area contributed by atoms with Crippen LogP contribution in [0.2, 0.25) is 0 Å². The number of rotatable bonds is 8. The molecule has 0 radical (unpaired) electrons. The van der Waals surface area contributed by atoms with Gasteiger partial charge in [-0.1, -0.05) is 36.4 Å². The van der Waals surface area contributed by atoms with E-state index in [1.807, 2.05) is 19.1 Å². The number of benzene rings is 1. The third-order valence-electron chi connectivity index (χ3n) is 5.71. The van der Waals surface area contributed by atoms with Gasteiger partial charge < -0.3 is 16.0 Å². The van der Waals surface area contributed by atoms with Gasteiger partial charge >= 0.3 is 0 Å². The third kappa shape index (κ3) is 9.29. The summed E-state index contributed by atoms with van der Waals surface area (Å²) in [7, 11) is 0. The van der Waals surface area contributed by atoms with Crippen LogP contribution < -0.4 is 16.0 Å². The second-order valence-corrected chi connectivity index (χ2v) is 8.45. The molecule has 1 aliphatic rings. The fourth-order valence-corrected chi connectivity index (χ4v) is 3.93. The highest BCUT2D eigenvalue weighted by Crippen LogP contribution is 2.20. The first-order valence-corrected chi connectivity index (χ1v) is 11.6. The lowest BCUT2D eigenvalue weighted by molar-refractivity contribution is -0.116. The zero-order valence-electron chi connectivity index (χ0n) is 19.9. The standard InChI is InChI=1S/C25H36N6O.HI/c1-4-26-25(27-14-12-24(32)30-23-11-10-19(2)17-28-23)29-22-13-15-31(20(3)16-22)18-21-8-6-5-7-9-21;/h5-11,17,20,22H,4,12-16,18H2,1-3H3,(H2,26,27,29)(H,28,30,32);1H. The second kappa shape index (κ2) is 14.1. The van der Waals surface area contributed by atoms with Gasteiger partial charge in [0, 0.05) is 44.3 Å². The molecule has 180 valence electrons. The van der Waals surface area contributed by atoms with Gasteiger partial charge in [0.05, 0.1) is 6.54 Å². The van der Waals surface area contributed by atoms with Gasteiger partial charge in [-0.2, -0.15) is 0 Å². The molecule has 2 unspecified atom stereocenters. The SMILES string of the molecule is CCNC(=NCCC(=O)Nc1ccc(C)cn1)NC1CCN(Cc2ccccc2)C(C)C1.I. The van der Waals surface area contributed by atoms with Gasteiger partial charge in [0.15, 0.2) is 5.96 Å². The van der Waals surface area contributed by atoms with Crippen molar-refractivity contribution in [3.63, 3.8) is 0 Å². The first-order valence-electron chi connectivity index (χ1n) is 11.6. The predicted octanol–water partition coefficient (Wildman–Crippen LogP) is 3.94. The number of nitrogens with one attached hydrogen (secondary N) is 3. The molecule has 33 heavy (non-hydrogen) atoms. The van der Waals surface area contributed by atoms with Gasteiger partial charge in [0.25, 0.3) is 0 Å². The number of carbonyl (C=O) groups is 1. The van der Waals surface area contributed by atoms with Crippen LogP contribution in [-0.2, 0) is 11.3 Å². The summed E-state index contributed by atoms with van der Waals surface area (Å²) in [6.45, 7) is 9.58. The van der Waals surface area contributed by atoms with E-state index in [4.69, 9.17) is 0 Å². The number of aliphatic imine (C=N–C) groups is 1. The molecule has 1 saturated heterocycles. The monoisotopic (exact) mass is 564 g/mol. The zero-order chi connectivity index (χ0) is 22.8. The van der Waals surface area contributed by atoms with Gasteiger partial charge in [0.1, 0.15) is 5.82 Å². The van der Waals surface area contributed by atoms with E-state index in [9.17, 15) is 4.79 Å². The van der Waals surface area contributed by atoms with Gasteiger partial charge in [-0.25, -0.2) is 4.98 Å². The van der Waals surface area contributed by atoms with Crippen molar-refractivity contribution in [2.45, 2.75) is 58.7 Å². The molecule has 0 bridgehead atoms. The summed E-state index contributed by atoms with van der Waals surface area (Å²) in [5, 5.41) is 9.70. The first kappa shape index (κ1) is 27.0. The van der Waals surface area contributed by atoms with E-state index in [0.717, 1.165) is 44.0 Å². The molecular weight excluding hydrogens is 527 g/mol. The number of anilines is 1. The van der Waals surface area contributed by atoms with Crippen molar-refractivity contribution < 1.29 is 4.79 Å². The van der Waals surface area contributed by atoms with Crippen LogP contribution in [0.1, 0.15) is 44.2 Å². The molecule has 0 spiro atoms. The lowest BCUT2D eigenvalue weighted by Crippen LogP contribution is -2.51. The topological polar surface area (TPSA) is 81.6 Å². The van der Waals surface area contributed by atoms with Crippen LogP contribution in [0.5, 0.6) is 0 Å². The molecular formula is C25H37IN6O.